The standard InChI is InChI=1S/C19H17ClN2O2/c1-3-24-18-9-8-16(20)11-14(18)10-15(12-21)19(23)22-17-7-5-4-6-13(17)2/h4-11H,3H2,1-2H3,(H,22,23)/b15-10+. The van der Waals surface area contributed by atoms with Crippen LogP contribution in [-0.4, -0.2) is 12.5 Å². The second kappa shape index (κ2) is 8.19. The predicted octanol–water partition coefficient (Wildman–Crippen LogP) is 4.59. The smallest absolute Gasteiger partial charge is 0.266 e. The third kappa shape index (κ3) is 4.37. The molecule has 0 aliphatic rings. The Kier molecular flexibility index (Phi) is 6.00. The molecular weight excluding hydrogens is 324 g/mol. The van der Waals surface area contributed by atoms with Crippen LogP contribution in [0.5, 0.6) is 5.75 Å². The van der Waals surface area contributed by atoms with Crippen LogP contribution in [-0.2, 0) is 4.79 Å². The fraction of sp³-hybridized carbons (Fsp3) is 0.158. The average Bonchev–Trinajstić information content (AvgIpc) is 2.57. The first-order valence-electron chi connectivity index (χ1n) is 7.46. The number of benzene rings is 2. The van der Waals surface area contributed by atoms with Gasteiger partial charge in [-0.15, -0.1) is 0 Å². The topological polar surface area (TPSA) is 62.1 Å². The van der Waals surface area contributed by atoms with Crippen molar-refractivity contribution in [3.63, 3.8) is 0 Å². The first-order chi connectivity index (χ1) is 11.5. The van der Waals surface area contributed by atoms with Crippen molar-refractivity contribution in [1.82, 2.24) is 0 Å². The first kappa shape index (κ1) is 17.6. The van der Waals surface area contributed by atoms with Gasteiger partial charge in [-0.2, -0.15) is 5.26 Å². The molecule has 0 bridgehead atoms. The number of amides is 1. The molecule has 24 heavy (non-hydrogen) atoms. The molecule has 0 aromatic heterocycles. The number of halogens is 1. The van der Waals surface area contributed by atoms with Crippen molar-refractivity contribution in [3.8, 4) is 11.8 Å². The van der Waals surface area contributed by atoms with Gasteiger partial charge in [-0.1, -0.05) is 29.8 Å². The molecule has 122 valence electrons. The van der Waals surface area contributed by atoms with E-state index in [2.05, 4.69) is 5.32 Å². The Morgan fingerprint density at radius 1 is 1.33 bits per heavy atom. The number of hydrogen-bond acceptors (Lipinski definition) is 3. The van der Waals surface area contributed by atoms with Gasteiger partial charge < -0.3 is 10.1 Å². The SMILES string of the molecule is CCOc1ccc(Cl)cc1/C=C(\C#N)C(=O)Nc1ccccc1C. The third-order valence-corrected chi connectivity index (χ3v) is 3.56. The van der Waals surface area contributed by atoms with Crippen LogP contribution in [0.15, 0.2) is 48.0 Å². The van der Waals surface area contributed by atoms with Gasteiger partial charge in [0.15, 0.2) is 0 Å². The summed E-state index contributed by atoms with van der Waals surface area (Å²) in [6, 6.07) is 14.4. The lowest BCUT2D eigenvalue weighted by Crippen LogP contribution is -2.14. The second-order valence-electron chi connectivity index (χ2n) is 5.05. The maximum absolute atomic E-state index is 12.4. The molecule has 0 saturated heterocycles. The van der Waals surface area contributed by atoms with Crippen LogP contribution < -0.4 is 10.1 Å². The van der Waals surface area contributed by atoms with E-state index in [0.29, 0.717) is 28.6 Å². The Bertz CT molecular complexity index is 822. The third-order valence-electron chi connectivity index (χ3n) is 3.33. The molecule has 0 radical (unpaired) electrons. The monoisotopic (exact) mass is 340 g/mol. The van der Waals surface area contributed by atoms with Crippen molar-refractivity contribution in [2.75, 3.05) is 11.9 Å². The minimum absolute atomic E-state index is 0.0264. The minimum Gasteiger partial charge on any atom is -0.493 e. The number of aryl methyl sites for hydroxylation is 1. The predicted molar refractivity (Wildman–Crippen MR) is 96.0 cm³/mol. The molecule has 0 aliphatic heterocycles. The van der Waals surface area contributed by atoms with E-state index in [4.69, 9.17) is 16.3 Å². The fourth-order valence-corrected chi connectivity index (χ4v) is 2.31. The molecule has 4 nitrogen and oxygen atoms in total. The number of nitriles is 1. The quantitative estimate of drug-likeness (QED) is 0.639. The summed E-state index contributed by atoms with van der Waals surface area (Å²) < 4.78 is 5.51. The summed E-state index contributed by atoms with van der Waals surface area (Å²) in [5, 5.41) is 12.6. The summed E-state index contributed by atoms with van der Waals surface area (Å²) >= 11 is 6.01. The second-order valence-corrected chi connectivity index (χ2v) is 5.49. The number of carbonyl (C=O) groups is 1. The zero-order valence-electron chi connectivity index (χ0n) is 13.5. The number of anilines is 1. The van der Waals surface area contributed by atoms with E-state index >= 15 is 0 Å². The lowest BCUT2D eigenvalue weighted by atomic mass is 10.1. The molecule has 0 saturated carbocycles. The van der Waals surface area contributed by atoms with E-state index in [1.165, 1.54) is 6.08 Å². The van der Waals surface area contributed by atoms with Crippen molar-refractivity contribution in [1.29, 1.82) is 5.26 Å². The molecule has 0 fully saturated rings. The lowest BCUT2D eigenvalue weighted by molar-refractivity contribution is -0.112. The molecule has 0 atom stereocenters. The summed E-state index contributed by atoms with van der Waals surface area (Å²) in [5.74, 6) is 0.0903. The summed E-state index contributed by atoms with van der Waals surface area (Å²) in [7, 11) is 0. The largest absolute Gasteiger partial charge is 0.493 e. The van der Waals surface area contributed by atoms with E-state index < -0.39 is 5.91 Å². The van der Waals surface area contributed by atoms with E-state index in [1.54, 1.807) is 24.3 Å². The average molecular weight is 341 g/mol. The van der Waals surface area contributed by atoms with Crippen molar-refractivity contribution in [2.24, 2.45) is 0 Å². The van der Waals surface area contributed by atoms with Gasteiger partial charge in [-0.3, -0.25) is 4.79 Å². The van der Waals surface area contributed by atoms with Crippen molar-refractivity contribution >= 4 is 29.3 Å². The highest BCUT2D eigenvalue weighted by Crippen LogP contribution is 2.25. The number of para-hydroxylation sites is 1. The molecule has 1 amide bonds. The first-order valence-corrected chi connectivity index (χ1v) is 7.84. The number of nitrogens with one attached hydrogen (secondary N) is 1. The molecule has 2 rings (SSSR count). The van der Waals surface area contributed by atoms with E-state index in [9.17, 15) is 10.1 Å². The van der Waals surface area contributed by atoms with Crippen molar-refractivity contribution in [3.05, 3.63) is 64.2 Å². The van der Waals surface area contributed by atoms with Gasteiger partial charge in [0.05, 0.1) is 6.61 Å². The molecule has 1 N–H and O–H groups in total. The summed E-state index contributed by atoms with van der Waals surface area (Å²) in [4.78, 5) is 12.4. The summed E-state index contributed by atoms with van der Waals surface area (Å²) in [6.07, 6.45) is 1.48. The molecule has 0 heterocycles. The van der Waals surface area contributed by atoms with Gasteiger partial charge in [-0.05, 0) is 49.8 Å². The molecule has 5 heteroatoms. The normalized spacial score (nSPS) is 10.8. The summed E-state index contributed by atoms with van der Waals surface area (Å²) in [6.45, 7) is 4.22. The zero-order chi connectivity index (χ0) is 17.5. The number of ether oxygens (including phenoxy) is 1. The van der Waals surface area contributed by atoms with Gasteiger partial charge in [0.25, 0.3) is 5.91 Å². The number of nitrogens with zero attached hydrogens (tertiary/aromatic N) is 1. The van der Waals surface area contributed by atoms with Crippen LogP contribution in [0.3, 0.4) is 0 Å². The number of rotatable bonds is 5. The Hall–Kier alpha value is -2.77. The maximum atomic E-state index is 12.4. The molecule has 0 unspecified atom stereocenters. The van der Waals surface area contributed by atoms with Crippen molar-refractivity contribution in [2.45, 2.75) is 13.8 Å². The Morgan fingerprint density at radius 3 is 2.75 bits per heavy atom. The molecule has 0 spiro atoms. The van der Waals surface area contributed by atoms with E-state index in [1.807, 2.05) is 38.1 Å². The van der Waals surface area contributed by atoms with Crippen LogP contribution in [0, 0.1) is 18.3 Å². The highest BCUT2D eigenvalue weighted by atomic mass is 35.5. The van der Waals surface area contributed by atoms with Gasteiger partial charge in [0.2, 0.25) is 0 Å². The van der Waals surface area contributed by atoms with Crippen LogP contribution >= 0.6 is 11.6 Å². The summed E-state index contributed by atoms with van der Waals surface area (Å²) in [5.41, 5.74) is 2.14. The highest BCUT2D eigenvalue weighted by molar-refractivity contribution is 6.30. The minimum atomic E-state index is -0.478. The molecule has 2 aromatic rings. The van der Waals surface area contributed by atoms with Crippen LogP contribution in [0.2, 0.25) is 5.02 Å². The van der Waals surface area contributed by atoms with Gasteiger partial charge in [-0.25, -0.2) is 0 Å². The van der Waals surface area contributed by atoms with E-state index in [0.717, 1.165) is 5.56 Å². The molecular formula is C19H17ClN2O2. The maximum Gasteiger partial charge on any atom is 0.266 e. The van der Waals surface area contributed by atoms with Crippen LogP contribution in [0.1, 0.15) is 18.1 Å². The van der Waals surface area contributed by atoms with Gasteiger partial charge >= 0.3 is 0 Å². The Morgan fingerprint density at radius 2 is 2.08 bits per heavy atom. The van der Waals surface area contributed by atoms with Crippen LogP contribution in [0.4, 0.5) is 5.69 Å². The fourth-order valence-electron chi connectivity index (χ4n) is 2.13. The molecule has 2 aromatic carbocycles. The molecule has 0 aliphatic carbocycles. The van der Waals surface area contributed by atoms with Crippen LogP contribution in [0.25, 0.3) is 6.08 Å². The highest BCUT2D eigenvalue weighted by Gasteiger charge is 2.12. The number of carbonyl (C=O) groups excluding carboxylic acids is 1. The number of hydrogen-bond donors (Lipinski definition) is 1. The van der Waals surface area contributed by atoms with Gasteiger partial charge in [0.1, 0.15) is 17.4 Å². The van der Waals surface area contributed by atoms with Crippen molar-refractivity contribution < 1.29 is 9.53 Å². The lowest BCUT2D eigenvalue weighted by Gasteiger charge is -2.09. The zero-order valence-corrected chi connectivity index (χ0v) is 14.2. The Balaban J connectivity index is 2.33. The van der Waals surface area contributed by atoms with Gasteiger partial charge in [0, 0.05) is 16.3 Å². The Labute approximate surface area is 146 Å². The van der Waals surface area contributed by atoms with E-state index in [-0.39, 0.29) is 5.57 Å².